The zero-order valence-corrected chi connectivity index (χ0v) is 14.6. The number of nitrogens with zero attached hydrogens (tertiary/aromatic N) is 3. The summed E-state index contributed by atoms with van der Waals surface area (Å²) in [7, 11) is 1.92. The molecule has 1 aliphatic carbocycles. The van der Waals surface area contributed by atoms with Gasteiger partial charge in [-0.1, -0.05) is 48.3 Å². The molecule has 6 heteroatoms. The SMILES string of the molecule is C[n+]1ccn(COC(c2ccccc2)C2CCCC2)c1/C=N\O.[Cl-]. The van der Waals surface area contributed by atoms with Crippen LogP contribution in [0.4, 0.5) is 0 Å². The number of imidazole rings is 1. The van der Waals surface area contributed by atoms with Crippen LogP contribution in [-0.4, -0.2) is 16.0 Å². The molecule has 0 amide bonds. The molecule has 1 aromatic heterocycles. The fraction of sp³-hybridized carbons (Fsp3) is 0.444. The van der Waals surface area contributed by atoms with Crippen LogP contribution in [-0.2, 0) is 18.5 Å². The van der Waals surface area contributed by atoms with E-state index >= 15 is 0 Å². The fourth-order valence-corrected chi connectivity index (χ4v) is 3.43. The highest BCUT2D eigenvalue weighted by Gasteiger charge is 2.28. The van der Waals surface area contributed by atoms with E-state index in [1.807, 2.05) is 34.6 Å². The Kier molecular flexibility index (Phi) is 6.82. The van der Waals surface area contributed by atoms with Crippen LogP contribution in [0.3, 0.4) is 0 Å². The zero-order chi connectivity index (χ0) is 16.1. The molecule has 130 valence electrons. The normalized spacial score (nSPS) is 16.4. The summed E-state index contributed by atoms with van der Waals surface area (Å²) < 4.78 is 10.2. The number of aryl methyl sites for hydroxylation is 1. The topological polar surface area (TPSA) is 50.6 Å². The molecular weight excluding hydrogens is 326 g/mol. The molecule has 0 aliphatic heterocycles. The minimum Gasteiger partial charge on any atom is -1.00 e. The van der Waals surface area contributed by atoms with E-state index in [1.54, 1.807) is 0 Å². The van der Waals surface area contributed by atoms with Gasteiger partial charge in [0.1, 0.15) is 12.4 Å². The maximum atomic E-state index is 8.82. The molecule has 1 aromatic carbocycles. The van der Waals surface area contributed by atoms with Gasteiger partial charge in [0.2, 0.25) is 0 Å². The molecule has 0 bridgehead atoms. The van der Waals surface area contributed by atoms with Gasteiger partial charge in [-0.15, -0.1) is 0 Å². The fourth-order valence-electron chi connectivity index (χ4n) is 3.43. The van der Waals surface area contributed by atoms with Gasteiger partial charge in [-0.05, 0) is 24.3 Å². The third-order valence-corrected chi connectivity index (χ3v) is 4.65. The third-order valence-electron chi connectivity index (χ3n) is 4.65. The van der Waals surface area contributed by atoms with Crippen molar-refractivity contribution in [1.82, 2.24) is 4.57 Å². The highest BCUT2D eigenvalue weighted by atomic mass is 35.5. The van der Waals surface area contributed by atoms with E-state index in [0.29, 0.717) is 12.6 Å². The number of hydrogen-bond donors (Lipinski definition) is 1. The molecule has 0 radical (unpaired) electrons. The standard InChI is InChI=1S/C18H23N3O2.ClH/c1-20-11-12-21(17(20)13-19-22)14-23-18(16-9-5-6-10-16)15-7-3-2-4-8-15;/h2-4,7-8,11-13,16,18H,5-6,9-10,14H2,1H3;1H. The van der Waals surface area contributed by atoms with Gasteiger partial charge in [0.25, 0.3) is 0 Å². The van der Waals surface area contributed by atoms with Crippen LogP contribution in [0.15, 0.2) is 47.9 Å². The lowest BCUT2D eigenvalue weighted by Gasteiger charge is -2.23. The van der Waals surface area contributed by atoms with Crippen molar-refractivity contribution >= 4 is 6.21 Å². The largest absolute Gasteiger partial charge is 1.00 e. The van der Waals surface area contributed by atoms with E-state index in [-0.39, 0.29) is 18.5 Å². The van der Waals surface area contributed by atoms with Gasteiger partial charge in [-0.3, -0.25) is 0 Å². The molecule has 3 rings (SSSR count). The van der Waals surface area contributed by atoms with Crippen molar-refractivity contribution in [3.05, 3.63) is 54.1 Å². The quantitative estimate of drug-likeness (QED) is 0.346. The molecule has 0 saturated heterocycles. The lowest BCUT2D eigenvalue weighted by atomic mass is 9.94. The van der Waals surface area contributed by atoms with E-state index < -0.39 is 0 Å². The number of rotatable bonds is 6. The summed E-state index contributed by atoms with van der Waals surface area (Å²) in [6.45, 7) is 0.443. The molecule has 0 spiro atoms. The lowest BCUT2D eigenvalue weighted by Crippen LogP contribution is -3.00. The van der Waals surface area contributed by atoms with Crippen molar-refractivity contribution in [1.29, 1.82) is 0 Å². The van der Waals surface area contributed by atoms with Gasteiger partial charge in [0.15, 0.2) is 12.9 Å². The Morgan fingerprint density at radius 2 is 2.04 bits per heavy atom. The second-order valence-corrected chi connectivity index (χ2v) is 6.15. The molecule has 1 unspecified atom stereocenters. The molecule has 1 aliphatic rings. The molecule has 1 N–H and O–H groups in total. The minimum absolute atomic E-state index is 0. The molecular formula is C18H24ClN3O2. The molecule has 2 aromatic rings. The summed E-state index contributed by atoms with van der Waals surface area (Å²) in [5, 5.41) is 12.0. The molecule has 5 nitrogen and oxygen atoms in total. The Bertz CT molecular complexity index is 652. The van der Waals surface area contributed by atoms with Gasteiger partial charge in [-0.2, -0.15) is 0 Å². The maximum absolute atomic E-state index is 8.82. The number of halogens is 1. The van der Waals surface area contributed by atoms with Gasteiger partial charge in [0, 0.05) is 0 Å². The molecule has 1 fully saturated rings. The maximum Gasteiger partial charge on any atom is 0.305 e. The van der Waals surface area contributed by atoms with Gasteiger partial charge in [0.05, 0.1) is 13.2 Å². The molecule has 1 saturated carbocycles. The predicted octanol–water partition coefficient (Wildman–Crippen LogP) is 0.0303. The van der Waals surface area contributed by atoms with E-state index in [1.165, 1.54) is 37.5 Å². The zero-order valence-electron chi connectivity index (χ0n) is 13.9. The molecule has 1 atom stereocenters. The average molecular weight is 350 g/mol. The molecule has 24 heavy (non-hydrogen) atoms. The summed E-state index contributed by atoms with van der Waals surface area (Å²) in [5.74, 6) is 1.38. The van der Waals surface area contributed by atoms with E-state index in [9.17, 15) is 0 Å². The van der Waals surface area contributed by atoms with Crippen molar-refractivity contribution in [3.8, 4) is 0 Å². The first-order valence-corrected chi connectivity index (χ1v) is 8.18. The van der Waals surface area contributed by atoms with Crippen molar-refractivity contribution in [2.24, 2.45) is 18.1 Å². The Hall–Kier alpha value is -1.85. The van der Waals surface area contributed by atoms with Crippen molar-refractivity contribution in [2.75, 3.05) is 0 Å². The van der Waals surface area contributed by atoms with Crippen LogP contribution < -0.4 is 17.0 Å². The smallest absolute Gasteiger partial charge is 0.305 e. The van der Waals surface area contributed by atoms with Crippen LogP contribution in [0.1, 0.15) is 43.2 Å². The van der Waals surface area contributed by atoms with E-state index in [4.69, 9.17) is 9.94 Å². The summed E-state index contributed by atoms with van der Waals surface area (Å²) >= 11 is 0. The van der Waals surface area contributed by atoms with Crippen LogP contribution in [0.5, 0.6) is 0 Å². The van der Waals surface area contributed by atoms with Crippen molar-refractivity contribution < 1.29 is 26.9 Å². The third kappa shape index (κ3) is 4.16. The highest BCUT2D eigenvalue weighted by molar-refractivity contribution is 5.72. The number of benzene rings is 1. The van der Waals surface area contributed by atoms with Crippen LogP contribution in [0.25, 0.3) is 0 Å². The number of ether oxygens (including phenoxy) is 1. The second-order valence-electron chi connectivity index (χ2n) is 6.15. The van der Waals surface area contributed by atoms with E-state index in [0.717, 1.165) is 5.82 Å². The summed E-state index contributed by atoms with van der Waals surface area (Å²) in [4.78, 5) is 0. The molecule has 1 heterocycles. The van der Waals surface area contributed by atoms with Crippen molar-refractivity contribution in [3.63, 3.8) is 0 Å². The highest BCUT2D eigenvalue weighted by Crippen LogP contribution is 2.38. The Morgan fingerprint density at radius 1 is 1.33 bits per heavy atom. The van der Waals surface area contributed by atoms with Crippen molar-refractivity contribution in [2.45, 2.75) is 38.5 Å². The monoisotopic (exact) mass is 349 g/mol. The van der Waals surface area contributed by atoms with Crippen LogP contribution in [0, 0.1) is 5.92 Å². The summed E-state index contributed by atoms with van der Waals surface area (Å²) in [6.07, 6.45) is 10.4. The Morgan fingerprint density at radius 3 is 2.71 bits per heavy atom. The van der Waals surface area contributed by atoms with Crippen LogP contribution in [0.2, 0.25) is 0 Å². The summed E-state index contributed by atoms with van der Waals surface area (Å²) in [6, 6.07) is 10.5. The second kappa shape index (κ2) is 8.85. The first-order chi connectivity index (χ1) is 11.3. The number of hydrogen-bond acceptors (Lipinski definition) is 3. The van der Waals surface area contributed by atoms with Gasteiger partial charge in [-0.25, -0.2) is 9.13 Å². The first-order valence-electron chi connectivity index (χ1n) is 8.18. The van der Waals surface area contributed by atoms with Gasteiger partial charge < -0.3 is 22.4 Å². The van der Waals surface area contributed by atoms with Gasteiger partial charge >= 0.3 is 5.82 Å². The lowest BCUT2D eigenvalue weighted by molar-refractivity contribution is -0.672. The Balaban J connectivity index is 0.00000208. The minimum atomic E-state index is 0. The first kappa shape index (κ1) is 18.5. The van der Waals surface area contributed by atoms with E-state index in [2.05, 4.69) is 29.4 Å². The van der Waals surface area contributed by atoms with Crippen LogP contribution >= 0.6 is 0 Å². The summed E-state index contributed by atoms with van der Waals surface area (Å²) in [5.41, 5.74) is 1.24. The number of oxime groups is 1. The Labute approximate surface area is 149 Å². The average Bonchev–Trinajstić information content (AvgIpc) is 3.21. The number of aromatic nitrogens is 2. The predicted molar refractivity (Wildman–Crippen MR) is 87.2 cm³/mol.